The van der Waals surface area contributed by atoms with Gasteiger partial charge in [-0.25, -0.2) is 8.42 Å². The van der Waals surface area contributed by atoms with Crippen molar-refractivity contribution < 1.29 is 13.3 Å². The topological polar surface area (TPSA) is 89.3 Å². The van der Waals surface area contributed by atoms with Crippen molar-refractivity contribution in [2.24, 2.45) is 0 Å². The van der Waals surface area contributed by atoms with E-state index in [4.69, 9.17) is 23.2 Å². The van der Waals surface area contributed by atoms with Gasteiger partial charge in [0, 0.05) is 10.5 Å². The normalized spacial score (nSPS) is 11.2. The van der Waals surface area contributed by atoms with Crippen LogP contribution < -0.4 is 4.72 Å². The van der Waals surface area contributed by atoms with Gasteiger partial charge in [0.05, 0.1) is 15.6 Å². The molecule has 116 valence electrons. The molecule has 10 heteroatoms. The van der Waals surface area contributed by atoms with Crippen LogP contribution in [0.2, 0.25) is 10.0 Å². The van der Waals surface area contributed by atoms with E-state index >= 15 is 0 Å². The molecule has 2 aromatic carbocycles. The molecule has 0 saturated heterocycles. The third kappa shape index (κ3) is 3.52. The molecule has 0 heterocycles. The van der Waals surface area contributed by atoms with Gasteiger partial charge in [0.2, 0.25) is 0 Å². The molecule has 0 aliphatic carbocycles. The average Bonchev–Trinajstić information content (AvgIpc) is 2.43. The van der Waals surface area contributed by atoms with E-state index in [9.17, 15) is 18.5 Å². The number of benzene rings is 2. The molecular weight excluding hydrogens is 419 g/mol. The quantitative estimate of drug-likeness (QED) is 0.578. The van der Waals surface area contributed by atoms with Crippen LogP contribution in [0.15, 0.2) is 45.8 Å². The Labute approximate surface area is 144 Å². The van der Waals surface area contributed by atoms with E-state index in [2.05, 4.69) is 20.7 Å². The summed E-state index contributed by atoms with van der Waals surface area (Å²) in [7, 11) is -4.05. The van der Waals surface area contributed by atoms with Gasteiger partial charge in [-0.2, -0.15) is 0 Å². The molecule has 1 N–H and O–H groups in total. The van der Waals surface area contributed by atoms with E-state index in [1.54, 1.807) is 6.07 Å². The first-order chi connectivity index (χ1) is 10.2. The van der Waals surface area contributed by atoms with Gasteiger partial charge in [-0.1, -0.05) is 45.2 Å². The Balaban J connectivity index is 2.48. The highest BCUT2D eigenvalue weighted by Crippen LogP contribution is 2.34. The number of anilines is 1. The van der Waals surface area contributed by atoms with Crippen molar-refractivity contribution in [3.63, 3.8) is 0 Å². The van der Waals surface area contributed by atoms with Gasteiger partial charge < -0.3 is 0 Å². The molecule has 0 atom stereocenters. The highest BCUT2D eigenvalue weighted by Gasteiger charge is 2.22. The monoisotopic (exact) mass is 424 g/mol. The minimum atomic E-state index is -4.05. The third-order valence-corrected chi connectivity index (χ3v) is 5.34. The Hall–Kier alpha value is -1.35. The second-order valence-corrected chi connectivity index (χ2v) is 7.43. The minimum absolute atomic E-state index is 0.0113. The van der Waals surface area contributed by atoms with Crippen molar-refractivity contribution in [3.8, 4) is 0 Å². The maximum absolute atomic E-state index is 12.4. The molecular formula is C12H7BrCl2N2O4S. The Morgan fingerprint density at radius 2 is 1.86 bits per heavy atom. The minimum Gasteiger partial charge on any atom is -0.278 e. The van der Waals surface area contributed by atoms with Crippen LogP contribution in [0.3, 0.4) is 0 Å². The molecule has 0 fully saturated rings. The fourth-order valence-corrected chi connectivity index (χ4v) is 4.03. The van der Waals surface area contributed by atoms with Gasteiger partial charge in [0.25, 0.3) is 15.7 Å². The van der Waals surface area contributed by atoms with Crippen molar-refractivity contribution in [1.82, 2.24) is 0 Å². The largest absolute Gasteiger partial charge is 0.290 e. The van der Waals surface area contributed by atoms with Crippen LogP contribution in [0.4, 0.5) is 11.4 Å². The summed E-state index contributed by atoms with van der Waals surface area (Å²) < 4.78 is 27.4. The van der Waals surface area contributed by atoms with Crippen molar-refractivity contribution in [1.29, 1.82) is 0 Å². The molecule has 6 nitrogen and oxygen atoms in total. The fraction of sp³-hybridized carbons (Fsp3) is 0. The number of nitro benzene ring substituents is 1. The molecule has 0 aliphatic heterocycles. The molecule has 0 aromatic heterocycles. The van der Waals surface area contributed by atoms with E-state index in [0.717, 1.165) is 0 Å². The average molecular weight is 426 g/mol. The van der Waals surface area contributed by atoms with E-state index < -0.39 is 20.6 Å². The third-order valence-electron chi connectivity index (χ3n) is 2.60. The standard InChI is InChI=1S/C12H7BrCl2N2O4S/c13-7-4-5-8(14)11(6-7)22(20,21)16-9-2-1-3-10(12(9)15)17(18)19/h1-6,16H. The van der Waals surface area contributed by atoms with Crippen LogP contribution in [0.1, 0.15) is 0 Å². The maximum Gasteiger partial charge on any atom is 0.290 e. The molecule has 22 heavy (non-hydrogen) atoms. The van der Waals surface area contributed by atoms with Crippen LogP contribution in [-0.2, 0) is 10.0 Å². The van der Waals surface area contributed by atoms with Crippen LogP contribution in [-0.4, -0.2) is 13.3 Å². The predicted molar refractivity (Wildman–Crippen MR) is 88.1 cm³/mol. The first kappa shape index (κ1) is 17.0. The molecule has 0 unspecified atom stereocenters. The van der Waals surface area contributed by atoms with E-state index in [1.807, 2.05) is 0 Å². The van der Waals surface area contributed by atoms with Crippen LogP contribution in [0, 0.1) is 10.1 Å². The number of hydrogen-bond acceptors (Lipinski definition) is 4. The molecule has 0 bridgehead atoms. The Kier molecular flexibility index (Phi) is 4.96. The van der Waals surface area contributed by atoms with Gasteiger partial charge in [0.15, 0.2) is 0 Å². The number of rotatable bonds is 4. The number of nitro groups is 1. The van der Waals surface area contributed by atoms with Crippen molar-refractivity contribution in [3.05, 3.63) is 61.0 Å². The lowest BCUT2D eigenvalue weighted by atomic mass is 10.3. The summed E-state index contributed by atoms with van der Waals surface area (Å²) in [5.41, 5.74) is -0.505. The van der Waals surface area contributed by atoms with Crippen LogP contribution in [0.5, 0.6) is 0 Å². The maximum atomic E-state index is 12.4. The summed E-state index contributed by atoms with van der Waals surface area (Å²) in [6, 6.07) is 8.13. The zero-order chi connectivity index (χ0) is 16.5. The van der Waals surface area contributed by atoms with E-state index in [0.29, 0.717) is 4.47 Å². The highest BCUT2D eigenvalue weighted by atomic mass is 79.9. The van der Waals surface area contributed by atoms with Gasteiger partial charge in [0.1, 0.15) is 9.92 Å². The zero-order valence-corrected chi connectivity index (χ0v) is 14.5. The number of halogens is 3. The van der Waals surface area contributed by atoms with Crippen LogP contribution >= 0.6 is 39.1 Å². The van der Waals surface area contributed by atoms with Gasteiger partial charge >= 0.3 is 0 Å². The molecule has 0 amide bonds. The van der Waals surface area contributed by atoms with Gasteiger partial charge in [-0.05, 0) is 24.3 Å². The zero-order valence-electron chi connectivity index (χ0n) is 10.6. The van der Waals surface area contributed by atoms with E-state index in [-0.39, 0.29) is 20.6 Å². The lowest BCUT2D eigenvalue weighted by molar-refractivity contribution is -0.384. The number of nitrogens with zero attached hydrogens (tertiary/aromatic N) is 1. The molecule has 0 saturated carbocycles. The number of nitrogens with one attached hydrogen (secondary N) is 1. The lowest BCUT2D eigenvalue weighted by Gasteiger charge is -2.11. The highest BCUT2D eigenvalue weighted by molar-refractivity contribution is 9.10. The molecule has 2 rings (SSSR count). The Morgan fingerprint density at radius 1 is 1.18 bits per heavy atom. The Morgan fingerprint density at radius 3 is 2.50 bits per heavy atom. The Bertz CT molecular complexity index is 858. The summed E-state index contributed by atoms with van der Waals surface area (Å²) in [5.74, 6) is 0. The summed E-state index contributed by atoms with van der Waals surface area (Å²) in [5, 5.41) is 10.5. The SMILES string of the molecule is O=[N+]([O-])c1cccc(NS(=O)(=O)c2cc(Br)ccc2Cl)c1Cl. The van der Waals surface area contributed by atoms with Crippen molar-refractivity contribution >= 4 is 60.5 Å². The molecule has 0 radical (unpaired) electrons. The summed E-state index contributed by atoms with van der Waals surface area (Å²) >= 11 is 14.9. The summed E-state index contributed by atoms with van der Waals surface area (Å²) in [4.78, 5) is 9.95. The van der Waals surface area contributed by atoms with Gasteiger partial charge in [-0.15, -0.1) is 0 Å². The van der Waals surface area contributed by atoms with Crippen LogP contribution in [0.25, 0.3) is 0 Å². The summed E-state index contributed by atoms with van der Waals surface area (Å²) in [6.45, 7) is 0. The fourth-order valence-electron chi connectivity index (χ4n) is 1.62. The number of sulfonamides is 1. The molecule has 2 aromatic rings. The smallest absolute Gasteiger partial charge is 0.278 e. The summed E-state index contributed by atoms with van der Waals surface area (Å²) in [6.07, 6.45) is 0. The lowest BCUT2D eigenvalue weighted by Crippen LogP contribution is -2.14. The molecule has 0 spiro atoms. The van der Waals surface area contributed by atoms with Crippen molar-refractivity contribution in [2.75, 3.05) is 4.72 Å². The first-order valence-corrected chi connectivity index (χ1v) is 8.66. The van der Waals surface area contributed by atoms with Gasteiger partial charge in [-0.3, -0.25) is 14.8 Å². The predicted octanol–water partition coefficient (Wildman–Crippen LogP) is 4.46. The number of hydrogen-bond donors (Lipinski definition) is 1. The van der Waals surface area contributed by atoms with Crippen molar-refractivity contribution in [2.45, 2.75) is 4.90 Å². The second-order valence-electron chi connectivity index (χ2n) is 4.08. The molecule has 0 aliphatic rings. The second kappa shape index (κ2) is 6.41. The first-order valence-electron chi connectivity index (χ1n) is 5.63. The van der Waals surface area contributed by atoms with E-state index in [1.165, 1.54) is 30.3 Å².